The molecule has 3 heterocycles. The summed E-state index contributed by atoms with van der Waals surface area (Å²) in [7, 11) is 0. The number of hydrogen-bond acceptors (Lipinski definition) is 4. The largest absolute Gasteiger partial charge is 0.378 e. The lowest BCUT2D eigenvalue weighted by atomic mass is 10.1. The predicted molar refractivity (Wildman–Crippen MR) is 76.0 cm³/mol. The van der Waals surface area contributed by atoms with Crippen molar-refractivity contribution in [1.29, 1.82) is 0 Å². The molecular weight excluding hydrogens is 284 g/mol. The highest BCUT2D eigenvalue weighted by atomic mass is 35.5. The monoisotopic (exact) mass is 300 g/mol. The molecule has 4 nitrogen and oxygen atoms in total. The van der Waals surface area contributed by atoms with E-state index >= 15 is 0 Å². The fourth-order valence-corrected chi connectivity index (χ4v) is 3.85. The third kappa shape index (κ3) is 2.79. The second kappa shape index (κ2) is 5.79. The van der Waals surface area contributed by atoms with Crippen LogP contribution < -0.4 is 5.32 Å². The summed E-state index contributed by atoms with van der Waals surface area (Å²) in [5.41, 5.74) is 0. The Morgan fingerprint density at radius 2 is 2.21 bits per heavy atom. The maximum absolute atomic E-state index is 12.2. The lowest BCUT2D eigenvalue weighted by Gasteiger charge is -2.27. The second-order valence-electron chi connectivity index (χ2n) is 5.03. The Morgan fingerprint density at radius 3 is 2.89 bits per heavy atom. The van der Waals surface area contributed by atoms with Crippen LogP contribution in [-0.2, 0) is 4.74 Å². The number of nitrogens with one attached hydrogen (secondary N) is 1. The van der Waals surface area contributed by atoms with E-state index in [0.717, 1.165) is 13.1 Å². The summed E-state index contributed by atoms with van der Waals surface area (Å²) in [5.74, 6) is -0.0836. The first-order chi connectivity index (χ1) is 9.25. The van der Waals surface area contributed by atoms with E-state index in [0.29, 0.717) is 29.2 Å². The SMILES string of the molecule is O=C(N[C@@H]1COC[C@H]1N1CCCC1)c1sccc1Cl. The highest BCUT2D eigenvalue weighted by Crippen LogP contribution is 2.23. The molecule has 0 saturated carbocycles. The average Bonchev–Trinajstić information content (AvgIpc) is 3.07. The highest BCUT2D eigenvalue weighted by molar-refractivity contribution is 7.12. The van der Waals surface area contributed by atoms with E-state index in [-0.39, 0.29) is 11.9 Å². The molecule has 1 aromatic rings. The molecule has 2 aliphatic heterocycles. The minimum absolute atomic E-state index is 0.0729. The average molecular weight is 301 g/mol. The van der Waals surface area contributed by atoms with E-state index in [1.165, 1.54) is 24.2 Å². The first-order valence-electron chi connectivity index (χ1n) is 6.61. The van der Waals surface area contributed by atoms with Crippen LogP contribution in [0.15, 0.2) is 11.4 Å². The van der Waals surface area contributed by atoms with Gasteiger partial charge in [-0.3, -0.25) is 9.69 Å². The van der Waals surface area contributed by atoms with Crippen LogP contribution >= 0.6 is 22.9 Å². The Morgan fingerprint density at radius 1 is 1.42 bits per heavy atom. The van der Waals surface area contributed by atoms with E-state index in [9.17, 15) is 4.79 Å². The van der Waals surface area contributed by atoms with E-state index in [2.05, 4.69) is 10.2 Å². The molecule has 3 rings (SSSR count). The van der Waals surface area contributed by atoms with Gasteiger partial charge in [-0.15, -0.1) is 11.3 Å². The summed E-state index contributed by atoms with van der Waals surface area (Å²) in [4.78, 5) is 15.2. The quantitative estimate of drug-likeness (QED) is 0.928. The Hall–Kier alpha value is -0.620. The van der Waals surface area contributed by atoms with Crippen molar-refractivity contribution in [2.24, 2.45) is 0 Å². The second-order valence-corrected chi connectivity index (χ2v) is 6.35. The van der Waals surface area contributed by atoms with Crippen LogP contribution in [0.25, 0.3) is 0 Å². The van der Waals surface area contributed by atoms with Gasteiger partial charge >= 0.3 is 0 Å². The fourth-order valence-electron chi connectivity index (χ4n) is 2.80. The third-order valence-electron chi connectivity index (χ3n) is 3.80. The number of carbonyl (C=O) groups excluding carboxylic acids is 1. The van der Waals surface area contributed by atoms with Crippen molar-refractivity contribution in [2.45, 2.75) is 24.9 Å². The van der Waals surface area contributed by atoms with Gasteiger partial charge in [0.2, 0.25) is 0 Å². The maximum Gasteiger partial charge on any atom is 0.263 e. The van der Waals surface area contributed by atoms with Gasteiger partial charge in [0.25, 0.3) is 5.91 Å². The van der Waals surface area contributed by atoms with Crippen LogP contribution in [0.2, 0.25) is 5.02 Å². The van der Waals surface area contributed by atoms with Crippen molar-refractivity contribution in [3.63, 3.8) is 0 Å². The van der Waals surface area contributed by atoms with E-state index < -0.39 is 0 Å². The summed E-state index contributed by atoms with van der Waals surface area (Å²) < 4.78 is 5.54. The van der Waals surface area contributed by atoms with Crippen LogP contribution in [-0.4, -0.2) is 49.2 Å². The number of likely N-dealkylation sites (tertiary alicyclic amines) is 1. The number of amides is 1. The van der Waals surface area contributed by atoms with Crippen LogP contribution in [0.5, 0.6) is 0 Å². The van der Waals surface area contributed by atoms with Gasteiger partial charge in [-0.2, -0.15) is 0 Å². The Labute approximate surface area is 121 Å². The molecule has 2 fully saturated rings. The van der Waals surface area contributed by atoms with E-state index in [4.69, 9.17) is 16.3 Å². The number of rotatable bonds is 3. The van der Waals surface area contributed by atoms with E-state index in [1.54, 1.807) is 6.07 Å². The summed E-state index contributed by atoms with van der Waals surface area (Å²) in [6.45, 7) is 3.53. The molecule has 2 aliphatic rings. The summed E-state index contributed by atoms with van der Waals surface area (Å²) >= 11 is 7.37. The first kappa shape index (κ1) is 13.4. The number of carbonyl (C=O) groups is 1. The molecule has 0 bridgehead atoms. The van der Waals surface area contributed by atoms with Gasteiger partial charge in [0.05, 0.1) is 30.3 Å². The summed E-state index contributed by atoms with van der Waals surface area (Å²) in [6, 6.07) is 2.14. The predicted octanol–water partition coefficient (Wildman–Crippen LogP) is 1.99. The summed E-state index contributed by atoms with van der Waals surface area (Å²) in [5, 5.41) is 5.43. The van der Waals surface area contributed by atoms with Gasteiger partial charge in [-0.1, -0.05) is 11.6 Å². The first-order valence-corrected chi connectivity index (χ1v) is 7.87. The standard InChI is InChI=1S/C13H17ClN2O2S/c14-9-3-6-19-12(9)13(17)15-10-7-18-8-11(10)16-4-1-2-5-16/h3,6,10-11H,1-2,4-5,7-8H2,(H,15,17)/t10-,11-/m1/s1. The van der Waals surface area contributed by atoms with Gasteiger partial charge in [0, 0.05) is 0 Å². The molecule has 0 spiro atoms. The highest BCUT2D eigenvalue weighted by Gasteiger charge is 2.35. The van der Waals surface area contributed by atoms with Crippen LogP contribution in [0.4, 0.5) is 0 Å². The zero-order chi connectivity index (χ0) is 13.2. The van der Waals surface area contributed by atoms with Gasteiger partial charge < -0.3 is 10.1 Å². The number of halogens is 1. The van der Waals surface area contributed by atoms with E-state index in [1.807, 2.05) is 5.38 Å². The van der Waals surface area contributed by atoms with Crippen LogP contribution in [0, 0.1) is 0 Å². The fraction of sp³-hybridized carbons (Fsp3) is 0.615. The molecule has 2 atom stereocenters. The molecule has 1 amide bonds. The Bertz CT molecular complexity index is 459. The van der Waals surface area contributed by atoms with Crippen LogP contribution in [0.3, 0.4) is 0 Å². The maximum atomic E-state index is 12.2. The molecule has 0 aromatic carbocycles. The van der Waals surface area contributed by atoms with Crippen molar-refractivity contribution in [3.8, 4) is 0 Å². The summed E-state index contributed by atoms with van der Waals surface area (Å²) in [6.07, 6.45) is 2.49. The van der Waals surface area contributed by atoms with Crippen molar-refractivity contribution >= 4 is 28.8 Å². The minimum atomic E-state index is -0.0836. The zero-order valence-electron chi connectivity index (χ0n) is 10.6. The lowest BCUT2D eigenvalue weighted by molar-refractivity contribution is 0.0921. The molecule has 19 heavy (non-hydrogen) atoms. The van der Waals surface area contributed by atoms with Gasteiger partial charge in [-0.05, 0) is 37.4 Å². The Kier molecular flexibility index (Phi) is 4.07. The molecule has 104 valence electrons. The van der Waals surface area contributed by atoms with Gasteiger partial charge in [0.1, 0.15) is 4.88 Å². The number of thiophene rings is 1. The third-order valence-corrected chi connectivity index (χ3v) is 5.14. The lowest BCUT2D eigenvalue weighted by Crippen LogP contribution is -2.50. The zero-order valence-corrected chi connectivity index (χ0v) is 12.2. The Balaban J connectivity index is 1.65. The number of hydrogen-bond donors (Lipinski definition) is 1. The van der Waals surface area contributed by atoms with Crippen molar-refractivity contribution in [3.05, 3.63) is 21.3 Å². The van der Waals surface area contributed by atoms with Gasteiger partial charge in [-0.25, -0.2) is 0 Å². The molecular formula is C13H17ClN2O2S. The van der Waals surface area contributed by atoms with Gasteiger partial charge in [0.15, 0.2) is 0 Å². The van der Waals surface area contributed by atoms with Crippen molar-refractivity contribution < 1.29 is 9.53 Å². The normalized spacial score (nSPS) is 27.8. The smallest absolute Gasteiger partial charge is 0.263 e. The number of ether oxygens (including phenoxy) is 1. The molecule has 1 aromatic heterocycles. The number of nitrogens with zero attached hydrogens (tertiary/aromatic N) is 1. The molecule has 2 saturated heterocycles. The molecule has 6 heteroatoms. The molecule has 0 aliphatic carbocycles. The molecule has 1 N–H and O–H groups in total. The van der Waals surface area contributed by atoms with Crippen molar-refractivity contribution in [2.75, 3.05) is 26.3 Å². The molecule has 0 unspecified atom stereocenters. The van der Waals surface area contributed by atoms with Crippen molar-refractivity contribution in [1.82, 2.24) is 10.2 Å². The van der Waals surface area contributed by atoms with Crippen LogP contribution in [0.1, 0.15) is 22.5 Å². The minimum Gasteiger partial charge on any atom is -0.378 e. The topological polar surface area (TPSA) is 41.6 Å². The molecule has 0 radical (unpaired) electrons.